The molecule has 4 aromatic carbocycles. The summed E-state index contributed by atoms with van der Waals surface area (Å²) in [6.45, 7) is 10.1. The molecule has 54 heavy (non-hydrogen) atoms. The van der Waals surface area contributed by atoms with Gasteiger partial charge in [0.15, 0.2) is 0 Å². The van der Waals surface area contributed by atoms with E-state index in [-0.39, 0.29) is 18.1 Å². The molecule has 1 aliphatic rings. The van der Waals surface area contributed by atoms with E-state index in [0.717, 1.165) is 35.6 Å². The molecule has 1 unspecified atom stereocenters. The quantitative estimate of drug-likeness (QED) is 0.0871. The van der Waals surface area contributed by atoms with Crippen LogP contribution in [0.3, 0.4) is 0 Å². The van der Waals surface area contributed by atoms with Crippen LogP contribution >= 0.6 is 11.3 Å². The van der Waals surface area contributed by atoms with E-state index in [1.807, 2.05) is 23.5 Å². The van der Waals surface area contributed by atoms with Gasteiger partial charge in [0.05, 0.1) is 6.61 Å². The number of hydrogen-bond donors (Lipinski definition) is 3. The number of aromatic hydroxyl groups is 1. The first-order chi connectivity index (χ1) is 26.1. The molecule has 2 heterocycles. The number of phenolic OH excluding ortho intramolecular Hbond substituents is 1. The van der Waals surface area contributed by atoms with Gasteiger partial charge in [-0.05, 0) is 142 Å². The molecule has 3 N–H and O–H groups in total. The minimum atomic E-state index is -0.848. The van der Waals surface area contributed by atoms with E-state index in [0.29, 0.717) is 26.2 Å². The lowest BCUT2D eigenvalue weighted by molar-refractivity contribution is -0.123. The topological polar surface area (TPSA) is 109 Å². The zero-order valence-corrected chi connectivity index (χ0v) is 32.3. The van der Waals surface area contributed by atoms with Crippen molar-refractivity contribution in [1.29, 1.82) is 0 Å². The Labute approximate surface area is 322 Å². The lowest BCUT2D eigenvalue weighted by Crippen LogP contribution is -2.49. The SMILES string of the molecule is CC(C)(C)OC(=O)NC(Cc1ccc(O)cc1)C(=O)NCCCOc1ccc(-c2sc3ccccc3c2Cc2ccc(OCCN3CCCC3)cc2)cc1. The number of benzene rings is 4. The Morgan fingerprint density at radius 2 is 1.48 bits per heavy atom. The van der Waals surface area contributed by atoms with Crippen LogP contribution in [0.15, 0.2) is 97.1 Å². The standard InChI is InChI=1S/C44H51N3O6S/c1-44(2,3)53-43(50)46-39(30-32-11-17-34(48)18-12-32)42(49)45-23-8-27-51-36-21-15-33(16-22-36)41-38(37-9-4-5-10-40(37)54-41)29-31-13-19-35(20-14-31)52-28-26-47-24-6-7-25-47/h4-5,9-22,39,48H,6-8,23-30H2,1-3H3,(H,45,49)(H,46,50). The molecule has 2 amide bonds. The Balaban J connectivity index is 1.01. The third kappa shape index (κ3) is 11.2. The van der Waals surface area contributed by atoms with Crippen LogP contribution in [0.5, 0.6) is 17.2 Å². The van der Waals surface area contributed by atoms with E-state index < -0.39 is 17.7 Å². The van der Waals surface area contributed by atoms with Gasteiger partial charge >= 0.3 is 6.09 Å². The zero-order valence-electron chi connectivity index (χ0n) is 31.4. The van der Waals surface area contributed by atoms with E-state index in [2.05, 4.69) is 76.2 Å². The van der Waals surface area contributed by atoms with Gasteiger partial charge in [0.25, 0.3) is 0 Å². The maximum atomic E-state index is 13.1. The van der Waals surface area contributed by atoms with E-state index in [1.54, 1.807) is 45.0 Å². The van der Waals surface area contributed by atoms with Crippen LogP contribution in [0.4, 0.5) is 4.79 Å². The Hall–Kier alpha value is -5.06. The molecule has 0 spiro atoms. The number of amides is 2. The number of fused-ring (bicyclic) bond motifs is 1. The summed E-state index contributed by atoms with van der Waals surface area (Å²) >= 11 is 1.81. The predicted octanol–water partition coefficient (Wildman–Crippen LogP) is 8.36. The molecule has 284 valence electrons. The van der Waals surface area contributed by atoms with Crippen LogP contribution < -0.4 is 20.1 Å². The van der Waals surface area contributed by atoms with Crippen molar-refractivity contribution in [3.8, 4) is 27.7 Å². The molecule has 0 saturated carbocycles. The molecule has 9 nitrogen and oxygen atoms in total. The van der Waals surface area contributed by atoms with Crippen molar-refractivity contribution in [2.45, 2.75) is 64.5 Å². The first kappa shape index (κ1) is 38.7. The second kappa shape index (κ2) is 18.3. The molecular weight excluding hydrogens is 699 g/mol. The number of hydrogen-bond acceptors (Lipinski definition) is 8. The third-order valence-electron chi connectivity index (χ3n) is 9.27. The fourth-order valence-electron chi connectivity index (χ4n) is 6.54. The van der Waals surface area contributed by atoms with Gasteiger partial charge in [0.1, 0.15) is 35.5 Å². The molecule has 0 bridgehead atoms. The Morgan fingerprint density at radius 1 is 0.833 bits per heavy atom. The molecular formula is C44H51N3O6S. The lowest BCUT2D eigenvalue weighted by atomic mass is 9.99. The summed E-state index contributed by atoms with van der Waals surface area (Å²) in [5.74, 6) is 1.47. The van der Waals surface area contributed by atoms with Gasteiger partial charge in [-0.25, -0.2) is 4.79 Å². The summed E-state index contributed by atoms with van der Waals surface area (Å²) in [5, 5.41) is 16.5. The van der Waals surface area contributed by atoms with Crippen molar-refractivity contribution >= 4 is 33.4 Å². The molecule has 1 saturated heterocycles. The molecule has 0 aliphatic carbocycles. The van der Waals surface area contributed by atoms with Gasteiger partial charge in [-0.2, -0.15) is 0 Å². The van der Waals surface area contributed by atoms with E-state index in [4.69, 9.17) is 14.2 Å². The van der Waals surface area contributed by atoms with Crippen molar-refractivity contribution in [3.63, 3.8) is 0 Å². The first-order valence-corrected chi connectivity index (χ1v) is 19.6. The Morgan fingerprint density at radius 3 is 2.19 bits per heavy atom. The number of rotatable bonds is 16. The fourth-order valence-corrected chi connectivity index (χ4v) is 7.77. The minimum absolute atomic E-state index is 0.130. The number of ether oxygens (including phenoxy) is 3. The molecule has 1 atom stereocenters. The van der Waals surface area contributed by atoms with Crippen molar-refractivity contribution in [2.24, 2.45) is 0 Å². The number of likely N-dealkylation sites (tertiary alicyclic amines) is 1. The number of nitrogens with one attached hydrogen (secondary N) is 2. The maximum Gasteiger partial charge on any atom is 0.408 e. The van der Waals surface area contributed by atoms with E-state index in [9.17, 15) is 14.7 Å². The molecule has 5 aromatic rings. The molecule has 0 radical (unpaired) electrons. The van der Waals surface area contributed by atoms with Gasteiger partial charge in [0.2, 0.25) is 5.91 Å². The average molecular weight is 750 g/mol. The zero-order chi connectivity index (χ0) is 37.9. The van der Waals surface area contributed by atoms with Crippen LogP contribution in [0.25, 0.3) is 20.5 Å². The second-order valence-corrected chi connectivity index (χ2v) is 15.8. The largest absolute Gasteiger partial charge is 0.508 e. The molecule has 1 aromatic heterocycles. The highest BCUT2D eigenvalue weighted by atomic mass is 32.1. The number of phenols is 1. The highest BCUT2D eigenvalue weighted by molar-refractivity contribution is 7.22. The van der Waals surface area contributed by atoms with Crippen LogP contribution in [-0.2, 0) is 22.4 Å². The second-order valence-electron chi connectivity index (χ2n) is 14.7. The normalized spacial score (nSPS) is 13.8. The third-order valence-corrected chi connectivity index (χ3v) is 10.5. The fraction of sp³-hybridized carbons (Fsp3) is 0.364. The molecule has 6 rings (SSSR count). The van der Waals surface area contributed by atoms with Crippen molar-refractivity contribution in [2.75, 3.05) is 39.4 Å². The number of nitrogens with zero attached hydrogens (tertiary/aromatic N) is 1. The van der Waals surface area contributed by atoms with Gasteiger partial charge in [-0.15, -0.1) is 11.3 Å². The van der Waals surface area contributed by atoms with E-state index in [1.165, 1.54) is 52.0 Å². The number of carbonyl (C=O) groups excluding carboxylic acids is 2. The maximum absolute atomic E-state index is 13.1. The molecule has 1 fully saturated rings. The average Bonchev–Trinajstić information content (AvgIpc) is 3.80. The van der Waals surface area contributed by atoms with Crippen LogP contribution in [0, 0.1) is 0 Å². The summed E-state index contributed by atoms with van der Waals surface area (Å²) in [6.07, 6.45) is 3.56. The molecule has 1 aliphatic heterocycles. The minimum Gasteiger partial charge on any atom is -0.508 e. The first-order valence-electron chi connectivity index (χ1n) is 18.8. The van der Waals surface area contributed by atoms with Crippen molar-refractivity contribution in [3.05, 3.63) is 114 Å². The molecule has 10 heteroatoms. The highest BCUT2D eigenvalue weighted by Gasteiger charge is 2.25. The van der Waals surface area contributed by atoms with Crippen molar-refractivity contribution < 1.29 is 28.9 Å². The van der Waals surface area contributed by atoms with Crippen LogP contribution in [0.1, 0.15) is 56.7 Å². The summed E-state index contributed by atoms with van der Waals surface area (Å²) < 4.78 is 18.7. The van der Waals surface area contributed by atoms with Gasteiger partial charge in [-0.3, -0.25) is 9.69 Å². The summed E-state index contributed by atoms with van der Waals surface area (Å²) in [6, 6.07) is 31.0. The number of thiophene rings is 1. The van der Waals surface area contributed by atoms with E-state index >= 15 is 0 Å². The predicted molar refractivity (Wildman–Crippen MR) is 216 cm³/mol. The number of alkyl carbamates (subject to hydrolysis) is 1. The Kier molecular flexibility index (Phi) is 13.1. The smallest absolute Gasteiger partial charge is 0.408 e. The van der Waals surface area contributed by atoms with Crippen molar-refractivity contribution in [1.82, 2.24) is 15.5 Å². The van der Waals surface area contributed by atoms with Gasteiger partial charge in [0, 0.05) is 29.1 Å². The van der Waals surface area contributed by atoms with Crippen LogP contribution in [-0.4, -0.2) is 73.0 Å². The monoisotopic (exact) mass is 749 g/mol. The summed E-state index contributed by atoms with van der Waals surface area (Å²) in [5.41, 5.74) is 3.79. The van der Waals surface area contributed by atoms with Gasteiger partial charge in [-0.1, -0.05) is 42.5 Å². The Bertz CT molecular complexity index is 1960. The highest BCUT2D eigenvalue weighted by Crippen LogP contribution is 2.40. The van der Waals surface area contributed by atoms with Gasteiger partial charge < -0.3 is 30.0 Å². The summed E-state index contributed by atoms with van der Waals surface area (Å²) in [4.78, 5) is 29.4. The van der Waals surface area contributed by atoms with Crippen LogP contribution in [0.2, 0.25) is 0 Å². The lowest BCUT2D eigenvalue weighted by Gasteiger charge is -2.23. The summed E-state index contributed by atoms with van der Waals surface area (Å²) in [7, 11) is 0. The number of carbonyl (C=O) groups is 2.